The van der Waals surface area contributed by atoms with E-state index in [2.05, 4.69) is 10.6 Å². The number of nitrogens with one attached hydrogen (secondary N) is 2. The topological polar surface area (TPSA) is 100 Å². The molecule has 0 atom stereocenters. The van der Waals surface area contributed by atoms with Crippen molar-refractivity contribution in [3.05, 3.63) is 95.6 Å². The van der Waals surface area contributed by atoms with E-state index in [1.807, 2.05) is 49.4 Å². The first-order valence-electron chi connectivity index (χ1n) is 10.4. The Labute approximate surface area is 190 Å². The van der Waals surface area contributed by atoms with Gasteiger partial charge in [0.15, 0.2) is 0 Å². The van der Waals surface area contributed by atoms with Crippen molar-refractivity contribution in [2.75, 3.05) is 5.32 Å². The Kier molecular flexibility index (Phi) is 6.37. The van der Waals surface area contributed by atoms with Gasteiger partial charge in [-0.1, -0.05) is 35.9 Å². The lowest BCUT2D eigenvalue weighted by Gasteiger charge is -2.06. The molecule has 0 bridgehead atoms. The van der Waals surface area contributed by atoms with Crippen molar-refractivity contribution in [3.8, 4) is 6.07 Å². The average Bonchev–Trinajstić information content (AvgIpc) is 3.46. The fourth-order valence-electron chi connectivity index (χ4n) is 3.47. The predicted octanol–water partition coefficient (Wildman–Crippen LogP) is 4.40. The third kappa shape index (κ3) is 5.20. The number of fused-ring (bicyclic) bond motifs is 1. The molecular weight excluding hydrogens is 416 g/mol. The van der Waals surface area contributed by atoms with Crippen LogP contribution in [0.1, 0.15) is 16.9 Å². The van der Waals surface area contributed by atoms with Crippen LogP contribution in [-0.2, 0) is 22.7 Å². The molecule has 4 aromatic rings. The van der Waals surface area contributed by atoms with Crippen molar-refractivity contribution < 1.29 is 14.0 Å². The van der Waals surface area contributed by atoms with Crippen molar-refractivity contribution in [2.24, 2.45) is 0 Å². The Balaban J connectivity index is 1.55. The summed E-state index contributed by atoms with van der Waals surface area (Å²) < 4.78 is 7.03. The molecule has 2 amide bonds. The first kappa shape index (κ1) is 21.7. The average molecular weight is 438 g/mol. The van der Waals surface area contributed by atoms with Gasteiger partial charge < -0.3 is 19.6 Å². The number of aryl methyl sites for hydroxylation is 1. The summed E-state index contributed by atoms with van der Waals surface area (Å²) in [5.41, 5.74) is 3.17. The number of carbonyl (C=O) groups excluding carboxylic acids is 2. The summed E-state index contributed by atoms with van der Waals surface area (Å²) in [6.07, 6.45) is 4.87. The molecule has 0 saturated carbocycles. The van der Waals surface area contributed by atoms with E-state index in [1.54, 1.807) is 47.4 Å². The van der Waals surface area contributed by atoms with Crippen molar-refractivity contribution in [2.45, 2.75) is 20.0 Å². The number of para-hydroxylation sites is 1. The molecule has 0 saturated heterocycles. The number of nitriles is 1. The number of benzene rings is 2. The molecule has 0 fully saturated rings. The highest BCUT2D eigenvalue weighted by atomic mass is 16.3. The fourth-order valence-corrected chi connectivity index (χ4v) is 3.47. The SMILES string of the molecule is Cc1ccc(NC(=O)/C(C#N)=C/c2cn(CC(=O)NCc3ccco3)c3ccccc23)cc1. The van der Waals surface area contributed by atoms with Crippen molar-refractivity contribution >= 4 is 34.5 Å². The highest BCUT2D eigenvalue weighted by Gasteiger charge is 2.14. The summed E-state index contributed by atoms with van der Waals surface area (Å²) in [5.74, 6) is -0.00253. The summed E-state index contributed by atoms with van der Waals surface area (Å²) in [7, 11) is 0. The molecular formula is C26H22N4O3. The Morgan fingerprint density at radius 1 is 1.09 bits per heavy atom. The van der Waals surface area contributed by atoms with Gasteiger partial charge in [-0.2, -0.15) is 5.26 Å². The van der Waals surface area contributed by atoms with Crippen LogP contribution < -0.4 is 10.6 Å². The van der Waals surface area contributed by atoms with Crippen LogP contribution in [0.3, 0.4) is 0 Å². The van der Waals surface area contributed by atoms with E-state index in [0.717, 1.165) is 16.5 Å². The number of aromatic nitrogens is 1. The second-order valence-electron chi connectivity index (χ2n) is 7.58. The molecule has 2 aromatic carbocycles. The standard InChI is InChI=1S/C26H22N4O3/c1-18-8-10-21(11-9-18)29-26(32)19(14-27)13-20-16-30(24-7-3-2-6-23(20)24)17-25(31)28-15-22-5-4-12-33-22/h2-13,16H,15,17H2,1H3,(H,28,31)(H,29,32)/b19-13+. The number of rotatable bonds is 7. The number of hydrogen-bond acceptors (Lipinski definition) is 4. The quantitative estimate of drug-likeness (QED) is 0.330. The van der Waals surface area contributed by atoms with Gasteiger partial charge in [0.05, 0.1) is 12.8 Å². The molecule has 2 N–H and O–H groups in total. The highest BCUT2D eigenvalue weighted by molar-refractivity contribution is 6.10. The van der Waals surface area contributed by atoms with Crippen LogP contribution in [0.2, 0.25) is 0 Å². The second-order valence-corrected chi connectivity index (χ2v) is 7.58. The summed E-state index contributed by atoms with van der Waals surface area (Å²) in [4.78, 5) is 25.1. The zero-order valence-electron chi connectivity index (χ0n) is 18.0. The highest BCUT2D eigenvalue weighted by Crippen LogP contribution is 2.24. The molecule has 2 heterocycles. The molecule has 0 aliphatic rings. The maximum absolute atomic E-state index is 12.7. The van der Waals surface area contributed by atoms with Gasteiger partial charge in [0.1, 0.15) is 23.9 Å². The van der Waals surface area contributed by atoms with Crippen LogP contribution in [0.25, 0.3) is 17.0 Å². The smallest absolute Gasteiger partial charge is 0.266 e. The van der Waals surface area contributed by atoms with Gasteiger partial charge in [-0.25, -0.2) is 0 Å². The molecule has 7 nitrogen and oxygen atoms in total. The number of carbonyl (C=O) groups is 2. The Hall–Kier alpha value is -4.57. The first-order chi connectivity index (χ1) is 16.0. The van der Waals surface area contributed by atoms with E-state index in [9.17, 15) is 14.9 Å². The van der Waals surface area contributed by atoms with Crippen LogP contribution in [0.5, 0.6) is 0 Å². The normalized spacial score (nSPS) is 11.2. The van der Waals surface area contributed by atoms with Gasteiger partial charge in [0.2, 0.25) is 5.91 Å². The molecule has 0 unspecified atom stereocenters. The molecule has 0 aliphatic heterocycles. The van der Waals surface area contributed by atoms with Crippen molar-refractivity contribution in [1.29, 1.82) is 5.26 Å². The fraction of sp³-hybridized carbons (Fsp3) is 0.115. The van der Waals surface area contributed by atoms with Gasteiger partial charge in [-0.3, -0.25) is 9.59 Å². The van der Waals surface area contributed by atoms with Gasteiger partial charge in [0, 0.05) is 28.4 Å². The van der Waals surface area contributed by atoms with Crippen molar-refractivity contribution in [1.82, 2.24) is 9.88 Å². The van der Waals surface area contributed by atoms with Crippen LogP contribution in [0, 0.1) is 18.3 Å². The monoisotopic (exact) mass is 438 g/mol. The largest absolute Gasteiger partial charge is 0.467 e. The van der Waals surface area contributed by atoms with E-state index in [0.29, 0.717) is 23.6 Å². The van der Waals surface area contributed by atoms with E-state index in [-0.39, 0.29) is 18.0 Å². The van der Waals surface area contributed by atoms with E-state index in [4.69, 9.17) is 4.42 Å². The van der Waals surface area contributed by atoms with Crippen LogP contribution in [-0.4, -0.2) is 16.4 Å². The van der Waals surface area contributed by atoms with Gasteiger partial charge in [-0.15, -0.1) is 0 Å². The minimum Gasteiger partial charge on any atom is -0.467 e. The van der Waals surface area contributed by atoms with Gasteiger partial charge in [0.25, 0.3) is 5.91 Å². The van der Waals surface area contributed by atoms with Crippen LogP contribution >= 0.6 is 0 Å². The molecule has 0 spiro atoms. The number of hydrogen-bond donors (Lipinski definition) is 2. The summed E-state index contributed by atoms with van der Waals surface area (Å²) >= 11 is 0. The predicted molar refractivity (Wildman–Crippen MR) is 126 cm³/mol. The Morgan fingerprint density at radius 3 is 2.61 bits per heavy atom. The maximum Gasteiger partial charge on any atom is 0.266 e. The molecule has 2 aromatic heterocycles. The Bertz CT molecular complexity index is 1360. The number of anilines is 1. The van der Waals surface area contributed by atoms with E-state index >= 15 is 0 Å². The number of nitrogens with zero attached hydrogens (tertiary/aromatic N) is 2. The number of amides is 2. The zero-order chi connectivity index (χ0) is 23.2. The molecule has 7 heteroatoms. The molecule has 0 radical (unpaired) electrons. The summed E-state index contributed by atoms with van der Waals surface area (Å²) in [5, 5.41) is 16.0. The second kappa shape index (κ2) is 9.71. The van der Waals surface area contributed by atoms with E-state index in [1.165, 1.54) is 0 Å². The lowest BCUT2D eigenvalue weighted by molar-refractivity contribution is -0.121. The first-order valence-corrected chi connectivity index (χ1v) is 10.4. The maximum atomic E-state index is 12.7. The zero-order valence-corrected chi connectivity index (χ0v) is 18.0. The minimum absolute atomic E-state index is 0.0271. The molecule has 0 aliphatic carbocycles. The lowest BCUT2D eigenvalue weighted by atomic mass is 10.1. The lowest BCUT2D eigenvalue weighted by Crippen LogP contribution is -2.26. The van der Waals surface area contributed by atoms with Gasteiger partial charge >= 0.3 is 0 Å². The Morgan fingerprint density at radius 2 is 1.88 bits per heavy atom. The van der Waals surface area contributed by atoms with Gasteiger partial charge in [-0.05, 0) is 43.3 Å². The molecule has 4 rings (SSSR count). The van der Waals surface area contributed by atoms with Crippen molar-refractivity contribution in [3.63, 3.8) is 0 Å². The summed E-state index contributed by atoms with van der Waals surface area (Å²) in [6, 6.07) is 20.4. The van der Waals surface area contributed by atoms with Crippen LogP contribution in [0.4, 0.5) is 5.69 Å². The molecule has 164 valence electrons. The minimum atomic E-state index is -0.491. The van der Waals surface area contributed by atoms with Crippen LogP contribution in [0.15, 0.2) is 83.1 Å². The third-order valence-corrected chi connectivity index (χ3v) is 5.15. The number of furan rings is 1. The molecule has 33 heavy (non-hydrogen) atoms. The summed E-state index contributed by atoms with van der Waals surface area (Å²) in [6.45, 7) is 2.35. The van der Waals surface area contributed by atoms with E-state index < -0.39 is 5.91 Å². The third-order valence-electron chi connectivity index (χ3n) is 5.15.